The summed E-state index contributed by atoms with van der Waals surface area (Å²) in [6.45, 7) is 1.34. The zero-order valence-corrected chi connectivity index (χ0v) is 8.53. The number of hydrogen-bond acceptors (Lipinski definition) is 3. The Morgan fingerprint density at radius 1 is 1.44 bits per heavy atom. The molecular weight excluding hydrogens is 209 g/mol. The van der Waals surface area contributed by atoms with Gasteiger partial charge in [-0.05, 0) is 12.1 Å². The van der Waals surface area contributed by atoms with Crippen LogP contribution < -0.4 is 10.9 Å². The van der Waals surface area contributed by atoms with Gasteiger partial charge in [-0.3, -0.25) is 9.20 Å². The molecule has 5 heteroatoms. The highest BCUT2D eigenvalue weighted by Crippen LogP contribution is 2.09. The second kappa shape index (κ2) is 3.38. The largest absolute Gasteiger partial charge is 0.312 e. The summed E-state index contributed by atoms with van der Waals surface area (Å²) in [6, 6.07) is 2.84. The van der Waals surface area contributed by atoms with E-state index < -0.39 is 5.82 Å². The maximum atomic E-state index is 13.0. The average Bonchev–Trinajstić information content (AvgIpc) is 2.31. The third-order valence-corrected chi connectivity index (χ3v) is 2.81. The fourth-order valence-corrected chi connectivity index (χ4v) is 2.00. The van der Waals surface area contributed by atoms with Crippen LogP contribution in [0, 0.1) is 5.82 Å². The molecule has 0 saturated heterocycles. The Labute approximate surface area is 90.7 Å². The summed E-state index contributed by atoms with van der Waals surface area (Å²) in [4.78, 5) is 16.4. The topological polar surface area (TPSA) is 46.4 Å². The van der Waals surface area contributed by atoms with E-state index in [1.54, 1.807) is 0 Å². The van der Waals surface area contributed by atoms with E-state index in [1.165, 1.54) is 22.7 Å². The lowest BCUT2D eigenvalue weighted by Crippen LogP contribution is -2.33. The number of nitrogens with zero attached hydrogens (tertiary/aromatic N) is 2. The van der Waals surface area contributed by atoms with E-state index in [0.717, 1.165) is 18.7 Å². The number of nitrogens with one attached hydrogen (secondary N) is 1. The van der Waals surface area contributed by atoms with Crippen LogP contribution in [0.25, 0.3) is 5.65 Å². The van der Waals surface area contributed by atoms with Gasteiger partial charge in [0.05, 0.1) is 11.3 Å². The fraction of sp³-hybridized carbons (Fsp3) is 0.273. The molecule has 2 aromatic rings. The Balaban J connectivity index is 2.40. The van der Waals surface area contributed by atoms with E-state index in [-0.39, 0.29) is 5.56 Å². The number of fused-ring (bicyclic) bond motifs is 2. The van der Waals surface area contributed by atoms with Crippen molar-refractivity contribution in [2.45, 2.75) is 13.0 Å². The third-order valence-electron chi connectivity index (χ3n) is 2.81. The van der Waals surface area contributed by atoms with Crippen molar-refractivity contribution < 1.29 is 4.39 Å². The van der Waals surface area contributed by atoms with Crippen LogP contribution in [0.5, 0.6) is 0 Å². The molecule has 3 heterocycles. The molecule has 1 aliphatic rings. The highest BCUT2D eigenvalue weighted by Gasteiger charge is 2.15. The van der Waals surface area contributed by atoms with Crippen molar-refractivity contribution in [3.8, 4) is 0 Å². The van der Waals surface area contributed by atoms with Crippen molar-refractivity contribution in [1.29, 1.82) is 0 Å². The van der Waals surface area contributed by atoms with Gasteiger partial charge in [-0.2, -0.15) is 0 Å². The molecule has 2 aromatic heterocycles. The lowest BCUT2D eigenvalue weighted by Gasteiger charge is -2.16. The molecule has 0 aliphatic carbocycles. The van der Waals surface area contributed by atoms with E-state index in [9.17, 15) is 9.18 Å². The molecule has 0 amide bonds. The van der Waals surface area contributed by atoms with Gasteiger partial charge in [0, 0.05) is 25.7 Å². The summed E-state index contributed by atoms with van der Waals surface area (Å²) in [5, 5.41) is 3.11. The Hall–Kier alpha value is -1.75. The number of aromatic nitrogens is 2. The predicted molar refractivity (Wildman–Crippen MR) is 56.8 cm³/mol. The molecule has 0 unspecified atom stereocenters. The second-order valence-electron chi connectivity index (χ2n) is 3.84. The normalized spacial score (nSPS) is 15.1. The standard InChI is InChI=1S/C11H10FN3O/c12-7-1-2-10-14-9-3-4-13-5-8(9)11(16)15(10)6-7/h1-2,6,13H,3-5H2. The maximum absolute atomic E-state index is 13.0. The molecule has 0 aromatic carbocycles. The van der Waals surface area contributed by atoms with Crippen LogP contribution in [0.2, 0.25) is 0 Å². The van der Waals surface area contributed by atoms with E-state index in [4.69, 9.17) is 0 Å². The van der Waals surface area contributed by atoms with Gasteiger partial charge in [0.2, 0.25) is 0 Å². The van der Waals surface area contributed by atoms with Crippen LogP contribution in [0.1, 0.15) is 11.3 Å². The lowest BCUT2D eigenvalue weighted by atomic mass is 10.1. The minimum atomic E-state index is -0.430. The van der Waals surface area contributed by atoms with Crippen LogP contribution in [-0.2, 0) is 13.0 Å². The van der Waals surface area contributed by atoms with Crippen LogP contribution in [0.3, 0.4) is 0 Å². The summed E-state index contributed by atoms with van der Waals surface area (Å²) in [6.07, 6.45) is 1.93. The minimum Gasteiger partial charge on any atom is -0.312 e. The molecular formula is C11H10FN3O. The highest BCUT2D eigenvalue weighted by atomic mass is 19.1. The van der Waals surface area contributed by atoms with Crippen LogP contribution in [0.15, 0.2) is 23.1 Å². The molecule has 3 rings (SSSR count). The average molecular weight is 219 g/mol. The minimum absolute atomic E-state index is 0.174. The van der Waals surface area contributed by atoms with Crippen molar-refractivity contribution in [1.82, 2.24) is 14.7 Å². The van der Waals surface area contributed by atoms with Gasteiger partial charge < -0.3 is 5.32 Å². The molecule has 1 N–H and O–H groups in total. The Bertz CT molecular complexity index is 620. The SMILES string of the molecule is O=c1c2c(nc3ccc(F)cn13)CCNC2. The van der Waals surface area contributed by atoms with Gasteiger partial charge in [0.1, 0.15) is 11.5 Å². The van der Waals surface area contributed by atoms with Crippen molar-refractivity contribution in [3.63, 3.8) is 0 Å². The zero-order valence-electron chi connectivity index (χ0n) is 8.53. The van der Waals surface area contributed by atoms with Crippen molar-refractivity contribution in [3.05, 3.63) is 45.8 Å². The van der Waals surface area contributed by atoms with Crippen LogP contribution in [-0.4, -0.2) is 15.9 Å². The highest BCUT2D eigenvalue weighted by molar-refractivity contribution is 5.41. The first-order valence-electron chi connectivity index (χ1n) is 5.16. The lowest BCUT2D eigenvalue weighted by molar-refractivity contribution is 0.605. The predicted octanol–water partition coefficient (Wildman–Crippen LogP) is 0.479. The van der Waals surface area contributed by atoms with Crippen molar-refractivity contribution in [2.24, 2.45) is 0 Å². The maximum Gasteiger partial charge on any atom is 0.262 e. The molecule has 16 heavy (non-hydrogen) atoms. The molecule has 1 aliphatic heterocycles. The van der Waals surface area contributed by atoms with Crippen molar-refractivity contribution in [2.75, 3.05) is 6.54 Å². The molecule has 0 bridgehead atoms. The van der Waals surface area contributed by atoms with E-state index >= 15 is 0 Å². The molecule has 0 atom stereocenters. The van der Waals surface area contributed by atoms with Crippen molar-refractivity contribution >= 4 is 5.65 Å². The first-order chi connectivity index (χ1) is 7.75. The molecule has 0 fully saturated rings. The molecule has 0 spiro atoms. The summed E-state index contributed by atoms with van der Waals surface area (Å²) >= 11 is 0. The van der Waals surface area contributed by atoms with E-state index in [1.807, 2.05) is 0 Å². The molecule has 82 valence electrons. The van der Waals surface area contributed by atoms with Gasteiger partial charge in [0.15, 0.2) is 0 Å². The van der Waals surface area contributed by atoms with Gasteiger partial charge in [-0.15, -0.1) is 0 Å². The summed E-state index contributed by atoms with van der Waals surface area (Å²) in [5.41, 5.74) is 1.81. The van der Waals surface area contributed by atoms with Crippen LogP contribution in [0.4, 0.5) is 4.39 Å². The summed E-state index contributed by atoms with van der Waals surface area (Å²) < 4.78 is 14.3. The van der Waals surface area contributed by atoms with E-state index in [2.05, 4.69) is 10.3 Å². The monoisotopic (exact) mass is 219 g/mol. The van der Waals surface area contributed by atoms with Crippen LogP contribution >= 0.6 is 0 Å². The third kappa shape index (κ3) is 1.32. The van der Waals surface area contributed by atoms with E-state index in [0.29, 0.717) is 17.8 Å². The number of halogens is 1. The van der Waals surface area contributed by atoms with Gasteiger partial charge in [0.25, 0.3) is 5.56 Å². The Morgan fingerprint density at radius 2 is 2.31 bits per heavy atom. The first-order valence-corrected chi connectivity index (χ1v) is 5.16. The van der Waals surface area contributed by atoms with Gasteiger partial charge in [-0.1, -0.05) is 0 Å². The first kappa shape index (κ1) is 9.47. The zero-order chi connectivity index (χ0) is 11.1. The smallest absolute Gasteiger partial charge is 0.262 e. The Morgan fingerprint density at radius 3 is 3.19 bits per heavy atom. The summed E-state index contributed by atoms with van der Waals surface area (Å²) in [7, 11) is 0. The Kier molecular flexibility index (Phi) is 2.00. The molecule has 0 saturated carbocycles. The number of pyridine rings is 1. The number of rotatable bonds is 0. The molecule has 0 radical (unpaired) electrons. The van der Waals surface area contributed by atoms with Gasteiger partial charge in [-0.25, -0.2) is 9.37 Å². The second-order valence-corrected chi connectivity index (χ2v) is 3.84. The number of hydrogen-bond donors (Lipinski definition) is 1. The summed E-state index contributed by atoms with van der Waals surface area (Å²) in [5.74, 6) is -0.430. The quantitative estimate of drug-likeness (QED) is 0.701. The fourth-order valence-electron chi connectivity index (χ4n) is 2.00. The molecule has 4 nitrogen and oxygen atoms in total. The van der Waals surface area contributed by atoms with Gasteiger partial charge >= 0.3 is 0 Å².